The fourth-order valence-corrected chi connectivity index (χ4v) is 2.74. The summed E-state index contributed by atoms with van der Waals surface area (Å²) >= 11 is 0. The van der Waals surface area contributed by atoms with Crippen molar-refractivity contribution in [2.75, 3.05) is 5.32 Å². The van der Waals surface area contributed by atoms with Gasteiger partial charge in [-0.1, -0.05) is 60.7 Å². The highest BCUT2D eigenvalue weighted by Gasteiger charge is 2.18. The number of carbonyl (C=O) groups excluding carboxylic acids is 1. The standard InChI is InChI=1S/C21H18N2O3/c24-21(17-7-3-1-4-8-17)15-20(22-18-9-5-2-6-10-18)16-11-13-19(14-12-16)23(25)26/h1-14,20,22H,15H2. The molecule has 0 heterocycles. The van der Waals surface area contributed by atoms with Gasteiger partial charge in [0, 0.05) is 29.8 Å². The van der Waals surface area contributed by atoms with Crippen molar-refractivity contribution in [3.05, 3.63) is 106 Å². The molecule has 0 aliphatic rings. The van der Waals surface area contributed by atoms with E-state index < -0.39 is 4.92 Å². The molecule has 0 aromatic heterocycles. The zero-order valence-electron chi connectivity index (χ0n) is 14.0. The average molecular weight is 346 g/mol. The summed E-state index contributed by atoms with van der Waals surface area (Å²) in [6.45, 7) is 0. The van der Waals surface area contributed by atoms with Crippen LogP contribution in [-0.4, -0.2) is 10.7 Å². The molecule has 5 nitrogen and oxygen atoms in total. The van der Waals surface area contributed by atoms with Gasteiger partial charge in [-0.05, 0) is 17.7 Å². The Morgan fingerprint density at radius 2 is 1.46 bits per heavy atom. The van der Waals surface area contributed by atoms with Crippen LogP contribution in [-0.2, 0) is 0 Å². The monoisotopic (exact) mass is 346 g/mol. The molecular formula is C21H18N2O3. The van der Waals surface area contributed by atoms with Gasteiger partial charge in [0.05, 0.1) is 11.0 Å². The van der Waals surface area contributed by atoms with E-state index in [2.05, 4.69) is 5.32 Å². The number of ketones is 1. The predicted molar refractivity (Wildman–Crippen MR) is 101 cm³/mol. The summed E-state index contributed by atoms with van der Waals surface area (Å²) in [6, 6.07) is 24.7. The first-order valence-electron chi connectivity index (χ1n) is 8.27. The largest absolute Gasteiger partial charge is 0.378 e. The van der Waals surface area contributed by atoms with E-state index in [0.717, 1.165) is 11.3 Å². The molecule has 1 N–H and O–H groups in total. The van der Waals surface area contributed by atoms with Crippen molar-refractivity contribution < 1.29 is 9.72 Å². The molecule has 0 spiro atoms. The van der Waals surface area contributed by atoms with Crippen molar-refractivity contribution >= 4 is 17.2 Å². The molecular weight excluding hydrogens is 328 g/mol. The van der Waals surface area contributed by atoms with Gasteiger partial charge in [-0.15, -0.1) is 0 Å². The highest BCUT2D eigenvalue weighted by Crippen LogP contribution is 2.26. The van der Waals surface area contributed by atoms with Gasteiger partial charge in [-0.25, -0.2) is 0 Å². The fourth-order valence-electron chi connectivity index (χ4n) is 2.74. The molecule has 5 heteroatoms. The van der Waals surface area contributed by atoms with Crippen molar-refractivity contribution in [1.29, 1.82) is 0 Å². The fraction of sp³-hybridized carbons (Fsp3) is 0.0952. The molecule has 0 radical (unpaired) electrons. The summed E-state index contributed by atoms with van der Waals surface area (Å²) in [6.07, 6.45) is 0.247. The maximum atomic E-state index is 12.6. The molecule has 1 atom stereocenters. The van der Waals surface area contributed by atoms with Gasteiger partial charge in [-0.2, -0.15) is 0 Å². The Morgan fingerprint density at radius 3 is 2.04 bits per heavy atom. The van der Waals surface area contributed by atoms with Crippen LogP contribution in [0.5, 0.6) is 0 Å². The summed E-state index contributed by atoms with van der Waals surface area (Å²) in [7, 11) is 0. The number of nitrogens with one attached hydrogen (secondary N) is 1. The second-order valence-corrected chi connectivity index (χ2v) is 5.90. The lowest BCUT2D eigenvalue weighted by molar-refractivity contribution is -0.384. The van der Waals surface area contributed by atoms with Gasteiger partial charge in [0.15, 0.2) is 5.78 Å². The maximum absolute atomic E-state index is 12.6. The van der Waals surface area contributed by atoms with E-state index in [9.17, 15) is 14.9 Å². The third-order valence-corrected chi connectivity index (χ3v) is 4.11. The molecule has 0 bridgehead atoms. The molecule has 26 heavy (non-hydrogen) atoms. The summed E-state index contributed by atoms with van der Waals surface area (Å²) in [4.78, 5) is 23.1. The lowest BCUT2D eigenvalue weighted by Gasteiger charge is -2.20. The van der Waals surface area contributed by atoms with Gasteiger partial charge in [0.1, 0.15) is 0 Å². The Bertz CT molecular complexity index is 878. The molecule has 0 aliphatic heterocycles. The SMILES string of the molecule is O=C(CC(Nc1ccccc1)c1ccc([N+](=O)[O-])cc1)c1ccccc1. The quantitative estimate of drug-likeness (QED) is 0.370. The van der Waals surface area contributed by atoms with Gasteiger partial charge in [0.25, 0.3) is 5.69 Å². The highest BCUT2D eigenvalue weighted by atomic mass is 16.6. The number of hydrogen-bond donors (Lipinski definition) is 1. The lowest BCUT2D eigenvalue weighted by atomic mass is 9.97. The van der Waals surface area contributed by atoms with Gasteiger partial charge in [-0.3, -0.25) is 14.9 Å². The number of hydrogen-bond acceptors (Lipinski definition) is 4. The smallest absolute Gasteiger partial charge is 0.269 e. The van der Waals surface area contributed by atoms with Crippen LogP contribution < -0.4 is 5.32 Å². The molecule has 0 aliphatic carbocycles. The van der Waals surface area contributed by atoms with Gasteiger partial charge in [0.2, 0.25) is 0 Å². The molecule has 0 saturated heterocycles. The number of non-ortho nitro benzene ring substituents is 1. The van der Waals surface area contributed by atoms with E-state index >= 15 is 0 Å². The molecule has 130 valence electrons. The van der Waals surface area contributed by atoms with Crippen molar-refractivity contribution in [3.63, 3.8) is 0 Å². The van der Waals surface area contributed by atoms with Crippen molar-refractivity contribution in [2.24, 2.45) is 0 Å². The second-order valence-electron chi connectivity index (χ2n) is 5.90. The number of rotatable bonds is 7. The topological polar surface area (TPSA) is 72.2 Å². The normalized spacial score (nSPS) is 11.5. The summed E-state index contributed by atoms with van der Waals surface area (Å²) in [5.41, 5.74) is 2.39. The van der Waals surface area contributed by atoms with Crippen molar-refractivity contribution in [1.82, 2.24) is 0 Å². The van der Waals surface area contributed by atoms with E-state index in [-0.39, 0.29) is 23.9 Å². The Hall–Kier alpha value is -3.47. The molecule has 3 aromatic carbocycles. The minimum absolute atomic E-state index is 0.0115. The number of carbonyl (C=O) groups is 1. The van der Waals surface area contributed by atoms with Crippen molar-refractivity contribution in [2.45, 2.75) is 12.5 Å². The van der Waals surface area contributed by atoms with E-state index in [4.69, 9.17) is 0 Å². The van der Waals surface area contributed by atoms with Crippen LogP contribution in [0.1, 0.15) is 28.4 Å². The van der Waals surface area contributed by atoms with Crippen molar-refractivity contribution in [3.8, 4) is 0 Å². The minimum atomic E-state index is -0.432. The first-order valence-corrected chi connectivity index (χ1v) is 8.27. The number of nitrogens with zero attached hydrogens (tertiary/aromatic N) is 1. The Labute approximate surface area is 151 Å². The molecule has 3 aromatic rings. The third-order valence-electron chi connectivity index (χ3n) is 4.11. The number of para-hydroxylation sites is 1. The Balaban J connectivity index is 1.86. The first-order chi connectivity index (χ1) is 12.6. The number of nitro benzene ring substituents is 1. The van der Waals surface area contributed by atoms with Crippen LogP contribution in [0, 0.1) is 10.1 Å². The van der Waals surface area contributed by atoms with Crippen LogP contribution in [0.15, 0.2) is 84.9 Å². The number of anilines is 1. The Morgan fingerprint density at radius 1 is 0.885 bits per heavy atom. The zero-order valence-corrected chi connectivity index (χ0v) is 14.0. The van der Waals surface area contributed by atoms with Gasteiger partial charge < -0.3 is 5.32 Å². The summed E-state index contributed by atoms with van der Waals surface area (Å²) < 4.78 is 0. The van der Waals surface area contributed by atoms with Crippen LogP contribution in [0.25, 0.3) is 0 Å². The van der Waals surface area contributed by atoms with Crippen LogP contribution in [0.3, 0.4) is 0 Å². The Kier molecular flexibility index (Phi) is 5.39. The molecule has 0 fully saturated rings. The molecule has 1 unspecified atom stereocenters. The first kappa shape index (κ1) is 17.4. The summed E-state index contributed by atoms with van der Waals surface area (Å²) in [5, 5.41) is 14.2. The number of benzene rings is 3. The number of nitro groups is 1. The van der Waals surface area contributed by atoms with Crippen LogP contribution >= 0.6 is 0 Å². The van der Waals surface area contributed by atoms with E-state index in [1.165, 1.54) is 12.1 Å². The van der Waals surface area contributed by atoms with Crippen LogP contribution in [0.2, 0.25) is 0 Å². The lowest BCUT2D eigenvalue weighted by Crippen LogP contribution is -2.15. The maximum Gasteiger partial charge on any atom is 0.269 e. The predicted octanol–water partition coefficient (Wildman–Crippen LogP) is 5.02. The third kappa shape index (κ3) is 4.33. The molecule has 3 rings (SSSR count). The van der Waals surface area contributed by atoms with Gasteiger partial charge >= 0.3 is 0 Å². The number of Topliss-reactive ketones (excluding diaryl/α,β-unsaturated/α-hetero) is 1. The average Bonchev–Trinajstić information content (AvgIpc) is 2.69. The minimum Gasteiger partial charge on any atom is -0.378 e. The van der Waals surface area contributed by atoms with E-state index in [1.807, 2.05) is 48.5 Å². The molecule has 0 saturated carbocycles. The van der Waals surface area contributed by atoms with Crippen LogP contribution in [0.4, 0.5) is 11.4 Å². The van der Waals surface area contributed by atoms with E-state index in [0.29, 0.717) is 5.56 Å². The second kappa shape index (κ2) is 8.07. The molecule has 0 amide bonds. The zero-order chi connectivity index (χ0) is 18.4. The summed E-state index contributed by atoms with van der Waals surface area (Å²) in [5.74, 6) is 0.0115. The highest BCUT2D eigenvalue weighted by molar-refractivity contribution is 5.96. The van der Waals surface area contributed by atoms with E-state index in [1.54, 1.807) is 24.3 Å².